The number of pyridine rings is 1. The number of rotatable bonds is 8. The van der Waals surface area contributed by atoms with Crippen molar-refractivity contribution in [2.75, 3.05) is 12.3 Å². The maximum absolute atomic E-state index is 12.3. The van der Waals surface area contributed by atoms with Crippen molar-refractivity contribution in [1.82, 2.24) is 30.0 Å². The van der Waals surface area contributed by atoms with Crippen LogP contribution in [0, 0.1) is 0 Å². The summed E-state index contributed by atoms with van der Waals surface area (Å²) < 4.78 is 1.90. The summed E-state index contributed by atoms with van der Waals surface area (Å²) in [5, 5.41) is 12.5. The molecule has 8 nitrogen and oxygen atoms in total. The second kappa shape index (κ2) is 10.1. The molecule has 4 rings (SSSR count). The molecule has 1 N–H and O–H groups in total. The number of hydrogen-bond acceptors (Lipinski definition) is 6. The van der Waals surface area contributed by atoms with E-state index in [0.29, 0.717) is 42.2 Å². The zero-order valence-corrected chi connectivity index (χ0v) is 17.9. The summed E-state index contributed by atoms with van der Waals surface area (Å²) in [6, 6.07) is 6.01. The number of aromatic nitrogens is 4. The van der Waals surface area contributed by atoms with E-state index in [0.717, 1.165) is 31.6 Å². The lowest BCUT2D eigenvalue weighted by Gasteiger charge is -2.22. The smallest absolute Gasteiger partial charge is 0.223 e. The van der Waals surface area contributed by atoms with Gasteiger partial charge in [-0.2, -0.15) is 0 Å². The lowest BCUT2D eigenvalue weighted by molar-refractivity contribution is -0.128. The largest absolute Gasteiger partial charge is 0.353 e. The molecule has 160 valence electrons. The Kier molecular flexibility index (Phi) is 6.99. The van der Waals surface area contributed by atoms with Crippen LogP contribution in [0.3, 0.4) is 0 Å². The molecule has 2 aliphatic rings. The first-order valence-electron chi connectivity index (χ1n) is 10.8. The topological polar surface area (TPSA) is 93.0 Å². The lowest BCUT2D eigenvalue weighted by atomic mass is 9.95. The molecule has 2 amide bonds. The molecule has 9 heteroatoms. The molecule has 0 bridgehead atoms. The van der Waals surface area contributed by atoms with E-state index in [1.54, 1.807) is 6.20 Å². The van der Waals surface area contributed by atoms with Crippen molar-refractivity contribution in [2.45, 2.75) is 69.1 Å². The SMILES string of the molecule is O=C(CCSc1nnc(CN2CCCC2=O)n1-c1ccccn1)NC1CCCCC1. The zero-order chi connectivity index (χ0) is 20.8. The number of hydrogen-bond donors (Lipinski definition) is 1. The van der Waals surface area contributed by atoms with Crippen LogP contribution < -0.4 is 5.32 Å². The molecular formula is C21H28N6O2S. The third kappa shape index (κ3) is 5.19. The normalized spacial score (nSPS) is 17.5. The summed E-state index contributed by atoms with van der Waals surface area (Å²) in [5.74, 6) is 2.28. The average Bonchev–Trinajstić information content (AvgIpc) is 3.36. The van der Waals surface area contributed by atoms with Gasteiger partial charge in [0.25, 0.3) is 0 Å². The van der Waals surface area contributed by atoms with Gasteiger partial charge in [-0.1, -0.05) is 37.1 Å². The number of amides is 2. The van der Waals surface area contributed by atoms with Gasteiger partial charge in [0, 0.05) is 37.4 Å². The Morgan fingerprint density at radius 2 is 2.03 bits per heavy atom. The summed E-state index contributed by atoms with van der Waals surface area (Å²) in [4.78, 5) is 30.6. The monoisotopic (exact) mass is 428 g/mol. The highest BCUT2D eigenvalue weighted by Crippen LogP contribution is 2.24. The average molecular weight is 429 g/mol. The number of thioether (sulfide) groups is 1. The predicted octanol–water partition coefficient (Wildman–Crippen LogP) is 2.72. The third-order valence-corrected chi connectivity index (χ3v) is 6.54. The van der Waals surface area contributed by atoms with Gasteiger partial charge in [-0.15, -0.1) is 10.2 Å². The number of likely N-dealkylation sites (tertiary alicyclic amines) is 1. The van der Waals surface area contributed by atoms with E-state index in [-0.39, 0.29) is 11.8 Å². The van der Waals surface area contributed by atoms with Crippen LogP contribution in [0.2, 0.25) is 0 Å². The first kappa shape index (κ1) is 20.8. The fourth-order valence-electron chi connectivity index (χ4n) is 4.04. The van der Waals surface area contributed by atoms with Gasteiger partial charge in [-0.3, -0.25) is 14.2 Å². The van der Waals surface area contributed by atoms with Crippen molar-refractivity contribution >= 4 is 23.6 Å². The van der Waals surface area contributed by atoms with Gasteiger partial charge in [0.1, 0.15) is 5.82 Å². The molecule has 0 spiro atoms. The molecule has 0 radical (unpaired) electrons. The molecule has 2 aromatic rings. The Labute approximate surface area is 180 Å². The Balaban J connectivity index is 1.40. The highest BCUT2D eigenvalue weighted by molar-refractivity contribution is 7.99. The van der Waals surface area contributed by atoms with Gasteiger partial charge in [-0.05, 0) is 31.4 Å². The van der Waals surface area contributed by atoms with Crippen LogP contribution in [0.25, 0.3) is 5.82 Å². The van der Waals surface area contributed by atoms with Crippen LogP contribution in [0.15, 0.2) is 29.6 Å². The summed E-state index contributed by atoms with van der Waals surface area (Å²) in [7, 11) is 0. The van der Waals surface area contributed by atoms with Gasteiger partial charge >= 0.3 is 0 Å². The van der Waals surface area contributed by atoms with Crippen molar-refractivity contribution in [1.29, 1.82) is 0 Å². The van der Waals surface area contributed by atoms with E-state index in [4.69, 9.17) is 0 Å². The van der Waals surface area contributed by atoms with Crippen LogP contribution in [0.1, 0.15) is 57.2 Å². The second-order valence-corrected chi connectivity index (χ2v) is 8.90. The first-order valence-corrected chi connectivity index (χ1v) is 11.7. The van der Waals surface area contributed by atoms with E-state index in [1.807, 2.05) is 27.7 Å². The van der Waals surface area contributed by atoms with E-state index in [2.05, 4.69) is 20.5 Å². The van der Waals surface area contributed by atoms with Crippen molar-refractivity contribution in [3.05, 3.63) is 30.2 Å². The fourth-order valence-corrected chi connectivity index (χ4v) is 4.93. The fraction of sp³-hybridized carbons (Fsp3) is 0.571. The standard InChI is InChI=1S/C21H28N6O2S/c28-19(23-16-7-2-1-3-8-16)11-14-30-21-25-24-18(15-26-13-6-10-20(26)29)27(21)17-9-4-5-12-22-17/h4-5,9,12,16H,1-3,6-8,10-11,13-15H2,(H,23,28). The number of carbonyl (C=O) groups excluding carboxylic acids is 2. The Bertz CT molecular complexity index is 866. The van der Waals surface area contributed by atoms with Gasteiger partial charge in [-0.25, -0.2) is 4.98 Å². The van der Waals surface area contributed by atoms with E-state index >= 15 is 0 Å². The molecule has 3 heterocycles. The maximum atomic E-state index is 12.3. The quantitative estimate of drug-likeness (QED) is 0.650. The van der Waals surface area contributed by atoms with Crippen molar-refractivity contribution in [3.63, 3.8) is 0 Å². The van der Waals surface area contributed by atoms with Crippen LogP contribution >= 0.6 is 11.8 Å². The molecule has 30 heavy (non-hydrogen) atoms. The minimum Gasteiger partial charge on any atom is -0.353 e. The molecule has 1 saturated carbocycles. The molecule has 0 unspecified atom stereocenters. The molecule has 2 fully saturated rings. The highest BCUT2D eigenvalue weighted by atomic mass is 32.2. The zero-order valence-electron chi connectivity index (χ0n) is 17.1. The van der Waals surface area contributed by atoms with E-state index in [1.165, 1.54) is 31.0 Å². The highest BCUT2D eigenvalue weighted by Gasteiger charge is 2.24. The lowest BCUT2D eigenvalue weighted by Crippen LogP contribution is -2.36. The molecule has 0 atom stereocenters. The Morgan fingerprint density at radius 1 is 1.17 bits per heavy atom. The summed E-state index contributed by atoms with van der Waals surface area (Å²) >= 11 is 1.50. The van der Waals surface area contributed by atoms with Crippen LogP contribution in [0.5, 0.6) is 0 Å². The maximum Gasteiger partial charge on any atom is 0.223 e. The van der Waals surface area contributed by atoms with Crippen LogP contribution in [0.4, 0.5) is 0 Å². The van der Waals surface area contributed by atoms with Gasteiger partial charge in [0.15, 0.2) is 11.0 Å². The van der Waals surface area contributed by atoms with Crippen molar-refractivity contribution in [3.8, 4) is 5.82 Å². The molecule has 1 saturated heterocycles. The van der Waals surface area contributed by atoms with Gasteiger partial charge in [0.05, 0.1) is 6.54 Å². The van der Waals surface area contributed by atoms with Gasteiger partial charge in [0.2, 0.25) is 11.8 Å². The summed E-state index contributed by atoms with van der Waals surface area (Å²) in [6.45, 7) is 1.17. The van der Waals surface area contributed by atoms with Crippen molar-refractivity contribution in [2.24, 2.45) is 0 Å². The molecule has 1 aliphatic carbocycles. The predicted molar refractivity (Wildman–Crippen MR) is 114 cm³/mol. The number of nitrogens with zero attached hydrogens (tertiary/aromatic N) is 5. The van der Waals surface area contributed by atoms with E-state index < -0.39 is 0 Å². The summed E-state index contributed by atoms with van der Waals surface area (Å²) in [6.07, 6.45) is 9.50. The van der Waals surface area contributed by atoms with E-state index in [9.17, 15) is 9.59 Å². The van der Waals surface area contributed by atoms with Crippen LogP contribution in [-0.4, -0.2) is 54.8 Å². The minimum absolute atomic E-state index is 0.0983. The number of nitrogens with one attached hydrogen (secondary N) is 1. The Morgan fingerprint density at radius 3 is 2.77 bits per heavy atom. The Hall–Kier alpha value is -2.42. The van der Waals surface area contributed by atoms with Crippen molar-refractivity contribution < 1.29 is 9.59 Å². The number of carbonyl (C=O) groups is 2. The molecule has 2 aromatic heterocycles. The molecule has 0 aromatic carbocycles. The molecule has 1 aliphatic heterocycles. The first-order chi connectivity index (χ1) is 14.7. The van der Waals surface area contributed by atoms with Gasteiger partial charge < -0.3 is 10.2 Å². The summed E-state index contributed by atoms with van der Waals surface area (Å²) in [5.41, 5.74) is 0. The second-order valence-electron chi connectivity index (χ2n) is 7.84. The molecular weight excluding hydrogens is 400 g/mol. The minimum atomic E-state index is 0.0983. The van der Waals surface area contributed by atoms with Crippen LogP contribution in [-0.2, 0) is 16.1 Å². The third-order valence-electron chi connectivity index (χ3n) is 5.61.